The van der Waals surface area contributed by atoms with Gasteiger partial charge in [0.2, 0.25) is 5.91 Å². The number of methoxy groups -OCH3 is 1. The van der Waals surface area contributed by atoms with Crippen LogP contribution in [0.25, 0.3) is 0 Å². The highest BCUT2D eigenvalue weighted by Crippen LogP contribution is 2.40. The van der Waals surface area contributed by atoms with Crippen molar-refractivity contribution in [3.05, 3.63) is 35.4 Å². The Labute approximate surface area is 158 Å². The predicted molar refractivity (Wildman–Crippen MR) is 105 cm³/mol. The molecular weight excluding hydrogens is 324 g/mol. The third kappa shape index (κ3) is 4.12. The normalized spacial score (nSPS) is 21.9. The van der Waals surface area contributed by atoms with Crippen LogP contribution in [0.2, 0.25) is 0 Å². The number of carbonyl (C=O) groups excluding carboxylic acids is 1. The number of benzene rings is 1. The van der Waals surface area contributed by atoms with Crippen LogP contribution in [0.4, 0.5) is 0 Å². The van der Waals surface area contributed by atoms with Crippen LogP contribution in [0.5, 0.6) is 0 Å². The van der Waals surface area contributed by atoms with Crippen molar-refractivity contribution in [3.63, 3.8) is 0 Å². The van der Waals surface area contributed by atoms with E-state index in [1.807, 2.05) is 0 Å². The van der Waals surface area contributed by atoms with Gasteiger partial charge in [0.05, 0.1) is 12.0 Å². The standard InChI is InChI=1S/C22H34N2O2/c1-18-7-6-8-19(15-18)21(9-4-3-5-10-21)16-24-20(25)22(17-26-2)11-13-23-14-12-22/h6-8,15,23H,3-5,9-14,16-17H2,1-2H3,(H,24,25). The van der Waals surface area contributed by atoms with E-state index in [0.717, 1.165) is 45.3 Å². The molecule has 2 fully saturated rings. The molecule has 1 aliphatic carbocycles. The molecule has 0 radical (unpaired) electrons. The van der Waals surface area contributed by atoms with Crippen molar-refractivity contribution < 1.29 is 9.53 Å². The van der Waals surface area contributed by atoms with Crippen LogP contribution in [0.1, 0.15) is 56.1 Å². The highest BCUT2D eigenvalue weighted by atomic mass is 16.5. The Bertz CT molecular complexity index is 596. The van der Waals surface area contributed by atoms with Gasteiger partial charge >= 0.3 is 0 Å². The number of hydrogen-bond donors (Lipinski definition) is 2. The topological polar surface area (TPSA) is 50.4 Å². The molecule has 0 unspecified atom stereocenters. The molecule has 4 nitrogen and oxygen atoms in total. The predicted octanol–water partition coefficient (Wildman–Crippen LogP) is 3.33. The molecule has 0 spiro atoms. The molecule has 1 heterocycles. The fraction of sp³-hybridized carbons (Fsp3) is 0.682. The second-order valence-corrected chi connectivity index (χ2v) is 8.36. The van der Waals surface area contributed by atoms with Gasteiger partial charge in [0.25, 0.3) is 0 Å². The first-order valence-electron chi connectivity index (χ1n) is 10.2. The van der Waals surface area contributed by atoms with E-state index in [1.54, 1.807) is 7.11 Å². The van der Waals surface area contributed by atoms with Crippen molar-refractivity contribution in [2.75, 3.05) is 33.4 Å². The van der Waals surface area contributed by atoms with Gasteiger partial charge in [0.15, 0.2) is 0 Å². The Hall–Kier alpha value is -1.39. The summed E-state index contributed by atoms with van der Waals surface area (Å²) in [7, 11) is 1.70. The van der Waals surface area contributed by atoms with Gasteiger partial charge in [-0.15, -0.1) is 0 Å². The largest absolute Gasteiger partial charge is 0.384 e. The molecule has 0 aromatic heterocycles. The van der Waals surface area contributed by atoms with Crippen LogP contribution in [0.3, 0.4) is 0 Å². The average Bonchev–Trinajstić information content (AvgIpc) is 2.68. The van der Waals surface area contributed by atoms with Crippen molar-refractivity contribution in [2.45, 2.75) is 57.3 Å². The Morgan fingerprint density at radius 1 is 1.15 bits per heavy atom. The molecular formula is C22H34N2O2. The van der Waals surface area contributed by atoms with Gasteiger partial charge in [-0.05, 0) is 51.3 Å². The molecule has 1 saturated carbocycles. The number of ether oxygens (including phenoxy) is 1. The first kappa shape index (κ1) is 19.4. The summed E-state index contributed by atoms with van der Waals surface area (Å²) in [6, 6.07) is 8.87. The van der Waals surface area contributed by atoms with Gasteiger partial charge in [0.1, 0.15) is 0 Å². The average molecular weight is 359 g/mol. The van der Waals surface area contributed by atoms with Gasteiger partial charge in [0, 0.05) is 19.1 Å². The number of hydrogen-bond acceptors (Lipinski definition) is 3. The minimum Gasteiger partial charge on any atom is -0.384 e. The number of piperidine rings is 1. The number of aryl methyl sites for hydroxylation is 1. The third-order valence-electron chi connectivity index (χ3n) is 6.49. The first-order chi connectivity index (χ1) is 12.6. The van der Waals surface area contributed by atoms with Crippen LogP contribution in [-0.4, -0.2) is 39.3 Å². The van der Waals surface area contributed by atoms with Crippen LogP contribution in [-0.2, 0) is 14.9 Å². The smallest absolute Gasteiger partial charge is 0.228 e. The Morgan fingerprint density at radius 2 is 1.88 bits per heavy atom. The number of carbonyl (C=O) groups is 1. The summed E-state index contributed by atoms with van der Waals surface area (Å²) in [5.41, 5.74) is 2.40. The lowest BCUT2D eigenvalue weighted by Crippen LogP contribution is -2.53. The minimum absolute atomic E-state index is 0.0844. The molecule has 2 aliphatic rings. The molecule has 26 heavy (non-hydrogen) atoms. The van der Waals surface area contributed by atoms with Gasteiger partial charge in [-0.1, -0.05) is 49.1 Å². The maximum atomic E-state index is 13.2. The van der Waals surface area contributed by atoms with E-state index >= 15 is 0 Å². The zero-order valence-electron chi connectivity index (χ0n) is 16.4. The van der Waals surface area contributed by atoms with Gasteiger partial charge in [-0.3, -0.25) is 4.79 Å². The molecule has 1 amide bonds. The Balaban J connectivity index is 1.76. The second kappa shape index (κ2) is 8.53. The zero-order chi connectivity index (χ0) is 18.5. The quantitative estimate of drug-likeness (QED) is 0.820. The SMILES string of the molecule is COCC1(C(=O)NCC2(c3cccc(C)c3)CCCCC2)CCNCC1. The summed E-state index contributed by atoms with van der Waals surface area (Å²) >= 11 is 0. The third-order valence-corrected chi connectivity index (χ3v) is 6.49. The molecule has 0 bridgehead atoms. The Morgan fingerprint density at radius 3 is 2.54 bits per heavy atom. The molecule has 1 aliphatic heterocycles. The molecule has 2 N–H and O–H groups in total. The number of rotatable bonds is 6. The number of nitrogens with one attached hydrogen (secondary N) is 2. The zero-order valence-corrected chi connectivity index (χ0v) is 16.4. The van der Waals surface area contributed by atoms with E-state index in [-0.39, 0.29) is 16.7 Å². The van der Waals surface area contributed by atoms with Crippen molar-refractivity contribution >= 4 is 5.91 Å². The summed E-state index contributed by atoms with van der Waals surface area (Å²) in [5, 5.41) is 6.72. The highest BCUT2D eigenvalue weighted by Gasteiger charge is 2.41. The lowest BCUT2D eigenvalue weighted by atomic mass is 9.69. The van der Waals surface area contributed by atoms with E-state index in [1.165, 1.54) is 30.4 Å². The lowest BCUT2D eigenvalue weighted by Gasteiger charge is -2.41. The van der Waals surface area contributed by atoms with Crippen LogP contribution in [0.15, 0.2) is 24.3 Å². The molecule has 1 saturated heterocycles. The fourth-order valence-electron chi connectivity index (χ4n) is 4.83. The van der Waals surface area contributed by atoms with E-state index < -0.39 is 0 Å². The summed E-state index contributed by atoms with van der Waals surface area (Å²) in [6.07, 6.45) is 7.83. The highest BCUT2D eigenvalue weighted by molar-refractivity contribution is 5.83. The van der Waals surface area contributed by atoms with Gasteiger partial charge < -0.3 is 15.4 Å². The number of amides is 1. The maximum Gasteiger partial charge on any atom is 0.228 e. The van der Waals surface area contributed by atoms with Crippen molar-refractivity contribution in [3.8, 4) is 0 Å². The van der Waals surface area contributed by atoms with E-state index in [2.05, 4.69) is 41.8 Å². The summed E-state index contributed by atoms with van der Waals surface area (Å²) in [4.78, 5) is 13.2. The van der Waals surface area contributed by atoms with Crippen molar-refractivity contribution in [1.29, 1.82) is 0 Å². The van der Waals surface area contributed by atoms with Crippen LogP contribution >= 0.6 is 0 Å². The van der Waals surface area contributed by atoms with Gasteiger partial charge in [-0.25, -0.2) is 0 Å². The maximum absolute atomic E-state index is 13.2. The van der Waals surface area contributed by atoms with E-state index in [4.69, 9.17) is 4.74 Å². The van der Waals surface area contributed by atoms with Crippen LogP contribution < -0.4 is 10.6 Å². The molecule has 1 aromatic carbocycles. The Kier molecular flexibility index (Phi) is 6.36. The molecule has 3 rings (SSSR count). The monoisotopic (exact) mass is 358 g/mol. The molecule has 0 atom stereocenters. The fourth-order valence-corrected chi connectivity index (χ4v) is 4.83. The molecule has 4 heteroatoms. The molecule has 1 aromatic rings. The first-order valence-corrected chi connectivity index (χ1v) is 10.2. The van der Waals surface area contributed by atoms with Crippen molar-refractivity contribution in [2.24, 2.45) is 5.41 Å². The summed E-state index contributed by atoms with van der Waals surface area (Å²) in [6.45, 7) is 5.19. The second-order valence-electron chi connectivity index (χ2n) is 8.36. The summed E-state index contributed by atoms with van der Waals surface area (Å²) in [5.74, 6) is 0.179. The summed E-state index contributed by atoms with van der Waals surface area (Å²) < 4.78 is 5.43. The van der Waals surface area contributed by atoms with E-state index in [0.29, 0.717) is 6.61 Å². The van der Waals surface area contributed by atoms with Crippen molar-refractivity contribution in [1.82, 2.24) is 10.6 Å². The van der Waals surface area contributed by atoms with Gasteiger partial charge in [-0.2, -0.15) is 0 Å². The minimum atomic E-state index is -0.373. The lowest BCUT2D eigenvalue weighted by molar-refractivity contribution is -0.136. The molecule has 144 valence electrons. The van der Waals surface area contributed by atoms with E-state index in [9.17, 15) is 4.79 Å². The van der Waals surface area contributed by atoms with Crippen LogP contribution in [0, 0.1) is 12.3 Å².